The maximum absolute atomic E-state index is 12.1. The third kappa shape index (κ3) is 4.42. The Morgan fingerprint density at radius 3 is 2.65 bits per heavy atom. The van der Waals surface area contributed by atoms with Gasteiger partial charge < -0.3 is 19.2 Å². The van der Waals surface area contributed by atoms with E-state index in [1.54, 1.807) is 20.1 Å². The molecule has 124 valence electrons. The summed E-state index contributed by atoms with van der Waals surface area (Å²) in [5.74, 6) is 2.22. The molecule has 1 N–H and O–H groups in total. The van der Waals surface area contributed by atoms with Gasteiger partial charge in [0.05, 0.1) is 19.5 Å². The van der Waals surface area contributed by atoms with Crippen LogP contribution in [-0.4, -0.2) is 25.7 Å². The number of para-hydroxylation sites is 2. The van der Waals surface area contributed by atoms with Crippen molar-refractivity contribution >= 4 is 17.5 Å². The monoisotopic (exact) mass is 337 g/mol. The van der Waals surface area contributed by atoms with E-state index in [9.17, 15) is 4.79 Å². The second-order valence-electron chi connectivity index (χ2n) is 5.12. The van der Waals surface area contributed by atoms with Crippen molar-refractivity contribution < 1.29 is 18.7 Å². The number of carbonyl (C=O) groups excluding carboxylic acids is 1. The van der Waals surface area contributed by atoms with Crippen molar-refractivity contribution in [2.75, 3.05) is 13.7 Å². The maximum Gasteiger partial charge on any atom is 0.287 e. The molecule has 1 aromatic carbocycles. The van der Waals surface area contributed by atoms with Gasteiger partial charge in [-0.3, -0.25) is 4.79 Å². The number of nitrogens with one attached hydrogen (secondary N) is 1. The number of alkyl halides is 1. The summed E-state index contributed by atoms with van der Waals surface area (Å²) in [6.07, 6.45) is -0.223. The van der Waals surface area contributed by atoms with Crippen molar-refractivity contribution in [1.29, 1.82) is 0 Å². The molecule has 2 aromatic rings. The molecule has 2 rings (SSSR count). The first kappa shape index (κ1) is 17.2. The lowest BCUT2D eigenvalue weighted by atomic mass is 10.2. The fourth-order valence-electron chi connectivity index (χ4n) is 2.06. The van der Waals surface area contributed by atoms with Gasteiger partial charge in [0.15, 0.2) is 17.3 Å². The predicted molar refractivity (Wildman–Crippen MR) is 88.4 cm³/mol. The van der Waals surface area contributed by atoms with Gasteiger partial charge in [-0.1, -0.05) is 12.1 Å². The summed E-state index contributed by atoms with van der Waals surface area (Å²) in [4.78, 5) is 12.1. The summed E-state index contributed by atoms with van der Waals surface area (Å²) in [7, 11) is 1.59. The molecular formula is C17H20ClNO4. The third-order valence-electron chi connectivity index (χ3n) is 3.34. The highest BCUT2D eigenvalue weighted by Crippen LogP contribution is 2.26. The number of ether oxygens (including phenoxy) is 2. The zero-order chi connectivity index (χ0) is 16.8. The Morgan fingerprint density at radius 1 is 1.35 bits per heavy atom. The quantitative estimate of drug-likeness (QED) is 0.785. The second kappa shape index (κ2) is 7.92. The van der Waals surface area contributed by atoms with Gasteiger partial charge in [0, 0.05) is 5.56 Å². The summed E-state index contributed by atoms with van der Waals surface area (Å²) in [6, 6.07) is 9.03. The number of methoxy groups -OCH3 is 1. The molecule has 1 aromatic heterocycles. The van der Waals surface area contributed by atoms with Crippen LogP contribution in [0.5, 0.6) is 11.5 Å². The molecule has 0 aliphatic carbocycles. The zero-order valence-electron chi connectivity index (χ0n) is 13.4. The number of hydrogen-bond acceptors (Lipinski definition) is 4. The topological polar surface area (TPSA) is 60.7 Å². The molecule has 1 heterocycles. The summed E-state index contributed by atoms with van der Waals surface area (Å²) in [6.45, 7) is 3.99. The minimum Gasteiger partial charge on any atom is -0.493 e. The van der Waals surface area contributed by atoms with E-state index in [0.717, 1.165) is 5.56 Å². The molecular weight excluding hydrogens is 318 g/mol. The number of benzene rings is 1. The summed E-state index contributed by atoms with van der Waals surface area (Å²) < 4.78 is 16.4. The van der Waals surface area contributed by atoms with Crippen molar-refractivity contribution in [3.8, 4) is 11.5 Å². The van der Waals surface area contributed by atoms with Gasteiger partial charge in [0.1, 0.15) is 11.9 Å². The largest absolute Gasteiger partial charge is 0.493 e. The van der Waals surface area contributed by atoms with Gasteiger partial charge in [-0.05, 0) is 32.0 Å². The highest BCUT2D eigenvalue weighted by atomic mass is 35.5. The molecule has 0 fully saturated rings. The fourth-order valence-corrected chi connectivity index (χ4v) is 2.33. The first-order valence-electron chi connectivity index (χ1n) is 7.28. The Hall–Kier alpha value is -2.14. The van der Waals surface area contributed by atoms with E-state index in [1.807, 2.05) is 31.2 Å². The zero-order valence-corrected chi connectivity index (χ0v) is 14.1. The van der Waals surface area contributed by atoms with Crippen LogP contribution in [-0.2, 0) is 5.88 Å². The molecule has 5 nitrogen and oxygen atoms in total. The van der Waals surface area contributed by atoms with Crippen LogP contribution in [0.15, 0.2) is 34.7 Å². The highest BCUT2D eigenvalue weighted by Gasteiger charge is 2.15. The molecule has 0 saturated carbocycles. The number of carbonyl (C=O) groups is 1. The van der Waals surface area contributed by atoms with Crippen LogP contribution < -0.4 is 14.8 Å². The standard InChI is InChI=1S/C17H20ClNO4/c1-11(22-15-7-5-4-6-14(15)21-3)10-19-17(20)16-8-13(9-18)12(2)23-16/h4-8,11H,9-10H2,1-3H3,(H,19,20). The van der Waals surface area contributed by atoms with E-state index >= 15 is 0 Å². The van der Waals surface area contributed by atoms with E-state index in [4.69, 9.17) is 25.5 Å². The number of hydrogen-bond donors (Lipinski definition) is 1. The van der Waals surface area contributed by atoms with Gasteiger partial charge in [0.2, 0.25) is 0 Å². The molecule has 1 atom stereocenters. The molecule has 1 unspecified atom stereocenters. The van der Waals surface area contributed by atoms with E-state index in [1.165, 1.54) is 0 Å². The minimum atomic E-state index is -0.292. The van der Waals surface area contributed by atoms with Gasteiger partial charge in [-0.25, -0.2) is 0 Å². The van der Waals surface area contributed by atoms with Crippen LogP contribution in [0.4, 0.5) is 0 Å². The van der Waals surface area contributed by atoms with E-state index in [0.29, 0.717) is 29.7 Å². The molecule has 0 spiro atoms. The van der Waals surface area contributed by atoms with Gasteiger partial charge in [0.25, 0.3) is 5.91 Å². The van der Waals surface area contributed by atoms with E-state index in [2.05, 4.69) is 5.32 Å². The average molecular weight is 338 g/mol. The Kier molecular flexibility index (Phi) is 5.93. The summed E-state index contributed by atoms with van der Waals surface area (Å²) in [5, 5.41) is 2.78. The number of rotatable bonds is 7. The van der Waals surface area contributed by atoms with Gasteiger partial charge in [-0.2, -0.15) is 0 Å². The van der Waals surface area contributed by atoms with Crippen molar-refractivity contribution in [2.45, 2.75) is 25.8 Å². The molecule has 0 radical (unpaired) electrons. The van der Waals surface area contributed by atoms with Crippen molar-refractivity contribution in [1.82, 2.24) is 5.32 Å². The molecule has 1 amide bonds. The van der Waals surface area contributed by atoms with Gasteiger partial charge >= 0.3 is 0 Å². The molecule has 23 heavy (non-hydrogen) atoms. The van der Waals surface area contributed by atoms with Crippen molar-refractivity contribution in [3.05, 3.63) is 47.4 Å². The summed E-state index contributed by atoms with van der Waals surface area (Å²) >= 11 is 5.77. The maximum atomic E-state index is 12.1. The van der Waals surface area contributed by atoms with Crippen LogP contribution in [0.25, 0.3) is 0 Å². The Bertz CT molecular complexity index is 668. The third-order valence-corrected chi connectivity index (χ3v) is 3.62. The number of aryl methyl sites for hydroxylation is 1. The molecule has 0 saturated heterocycles. The Morgan fingerprint density at radius 2 is 2.04 bits per heavy atom. The Balaban J connectivity index is 1.90. The van der Waals surface area contributed by atoms with E-state index < -0.39 is 0 Å². The minimum absolute atomic E-state index is 0.223. The van der Waals surface area contributed by atoms with Crippen LogP contribution in [0.3, 0.4) is 0 Å². The SMILES string of the molecule is COc1ccccc1OC(C)CNC(=O)c1cc(CCl)c(C)o1. The number of furan rings is 1. The van der Waals surface area contributed by atoms with Crippen LogP contribution >= 0.6 is 11.6 Å². The molecule has 0 aliphatic rings. The number of amides is 1. The van der Waals surface area contributed by atoms with Crippen LogP contribution in [0, 0.1) is 6.92 Å². The van der Waals surface area contributed by atoms with Crippen LogP contribution in [0.2, 0.25) is 0 Å². The average Bonchev–Trinajstić information content (AvgIpc) is 2.94. The summed E-state index contributed by atoms with van der Waals surface area (Å²) in [5.41, 5.74) is 0.815. The van der Waals surface area contributed by atoms with Crippen molar-refractivity contribution in [2.24, 2.45) is 0 Å². The van der Waals surface area contributed by atoms with E-state index in [-0.39, 0.29) is 17.8 Å². The molecule has 6 heteroatoms. The smallest absolute Gasteiger partial charge is 0.287 e. The normalized spacial score (nSPS) is 11.8. The highest BCUT2D eigenvalue weighted by molar-refractivity contribution is 6.17. The fraction of sp³-hybridized carbons (Fsp3) is 0.353. The van der Waals surface area contributed by atoms with Crippen molar-refractivity contribution in [3.63, 3.8) is 0 Å². The molecule has 0 aliphatic heterocycles. The van der Waals surface area contributed by atoms with Crippen LogP contribution in [0.1, 0.15) is 28.8 Å². The lowest BCUT2D eigenvalue weighted by molar-refractivity contribution is 0.0902. The lowest BCUT2D eigenvalue weighted by Gasteiger charge is -2.17. The number of halogens is 1. The Labute approximate surface area is 140 Å². The van der Waals surface area contributed by atoms with Gasteiger partial charge in [-0.15, -0.1) is 11.6 Å². The second-order valence-corrected chi connectivity index (χ2v) is 5.38. The predicted octanol–water partition coefficient (Wildman–Crippen LogP) is 3.53. The first-order chi connectivity index (χ1) is 11.0. The first-order valence-corrected chi connectivity index (χ1v) is 7.81. The molecule has 0 bridgehead atoms. The lowest BCUT2D eigenvalue weighted by Crippen LogP contribution is -2.33.